The van der Waals surface area contributed by atoms with E-state index in [9.17, 15) is 4.79 Å². The monoisotopic (exact) mass is 415 g/mol. The first-order chi connectivity index (χ1) is 9.95. The molecule has 21 heavy (non-hydrogen) atoms. The first-order valence-electron chi connectivity index (χ1n) is 5.83. The number of aliphatic carboxylic acids is 1. The number of rotatable bonds is 5. The van der Waals surface area contributed by atoms with Crippen molar-refractivity contribution in [2.24, 2.45) is 0 Å². The zero-order valence-corrected chi connectivity index (χ0v) is 13.8. The molecule has 2 rings (SSSR count). The van der Waals surface area contributed by atoms with Crippen LogP contribution in [-0.2, 0) is 4.79 Å². The minimum atomic E-state index is -1.04. The summed E-state index contributed by atoms with van der Waals surface area (Å²) in [6.07, 6.45) is 0. The second-order valence-electron chi connectivity index (χ2n) is 4.07. The van der Waals surface area contributed by atoms with E-state index < -0.39 is 12.6 Å². The van der Waals surface area contributed by atoms with E-state index in [1.165, 1.54) is 0 Å². The van der Waals surface area contributed by atoms with Crippen molar-refractivity contribution < 1.29 is 19.4 Å². The first kappa shape index (κ1) is 15.7. The van der Waals surface area contributed by atoms with Crippen molar-refractivity contribution in [3.63, 3.8) is 0 Å². The molecule has 0 radical (unpaired) electrons. The fourth-order valence-electron chi connectivity index (χ4n) is 1.52. The number of halogens is 2. The fraction of sp³-hybridized carbons (Fsp3) is 0.0714. The summed E-state index contributed by atoms with van der Waals surface area (Å²) in [4.78, 5) is 10.5. The average molecular weight is 417 g/mol. The van der Waals surface area contributed by atoms with Gasteiger partial charge in [-0.2, -0.15) is 0 Å². The largest absolute Gasteiger partial charge is 0.482 e. The number of anilines is 1. The number of hydrogen-bond acceptors (Lipinski definition) is 4. The molecule has 0 spiro atoms. The molecule has 7 heteroatoms. The van der Waals surface area contributed by atoms with Gasteiger partial charge in [0.15, 0.2) is 12.4 Å². The van der Waals surface area contributed by atoms with Crippen LogP contribution in [0.5, 0.6) is 17.2 Å². The molecule has 0 aromatic heterocycles. The van der Waals surface area contributed by atoms with Gasteiger partial charge in [-0.05, 0) is 68.3 Å². The number of nitrogen functional groups attached to an aromatic ring is 1. The molecular formula is C14H11Br2NO4. The van der Waals surface area contributed by atoms with Gasteiger partial charge >= 0.3 is 5.97 Å². The molecule has 0 saturated heterocycles. The maximum absolute atomic E-state index is 10.5. The highest BCUT2D eigenvalue weighted by Gasteiger charge is 2.11. The minimum Gasteiger partial charge on any atom is -0.482 e. The maximum Gasteiger partial charge on any atom is 0.341 e. The van der Waals surface area contributed by atoms with Crippen molar-refractivity contribution in [1.82, 2.24) is 0 Å². The molecule has 0 amide bonds. The normalized spacial score (nSPS) is 10.2. The third-order valence-electron chi connectivity index (χ3n) is 2.43. The van der Waals surface area contributed by atoms with E-state index in [2.05, 4.69) is 31.9 Å². The predicted octanol–water partition coefficient (Wildman–Crippen LogP) is 4.05. The molecule has 0 aliphatic heterocycles. The number of hydrogen-bond donors (Lipinski definition) is 2. The highest BCUT2D eigenvalue weighted by molar-refractivity contribution is 9.11. The molecule has 0 aliphatic carbocycles. The van der Waals surface area contributed by atoms with Gasteiger partial charge in [0, 0.05) is 5.69 Å². The lowest BCUT2D eigenvalue weighted by Crippen LogP contribution is -2.09. The minimum absolute atomic E-state index is 0.406. The molecular weight excluding hydrogens is 406 g/mol. The summed E-state index contributed by atoms with van der Waals surface area (Å²) in [5, 5.41) is 8.60. The third kappa shape index (κ3) is 4.37. The van der Waals surface area contributed by atoms with Crippen LogP contribution in [0.4, 0.5) is 5.69 Å². The van der Waals surface area contributed by atoms with Gasteiger partial charge in [-0.25, -0.2) is 4.79 Å². The van der Waals surface area contributed by atoms with E-state index in [1.54, 1.807) is 36.4 Å². The zero-order valence-electron chi connectivity index (χ0n) is 10.7. The van der Waals surface area contributed by atoms with Gasteiger partial charge in [-0.1, -0.05) is 0 Å². The molecule has 110 valence electrons. The zero-order chi connectivity index (χ0) is 15.4. The SMILES string of the molecule is Nc1ccc(Oc2c(Br)cc(OCC(=O)O)cc2Br)cc1. The summed E-state index contributed by atoms with van der Waals surface area (Å²) in [6, 6.07) is 10.3. The molecule has 0 fully saturated rings. The number of carboxylic acids is 1. The number of carbonyl (C=O) groups is 1. The number of carboxylic acid groups (broad SMARTS) is 1. The highest BCUT2D eigenvalue weighted by atomic mass is 79.9. The molecule has 2 aromatic rings. The van der Waals surface area contributed by atoms with Gasteiger partial charge in [-0.15, -0.1) is 0 Å². The van der Waals surface area contributed by atoms with Crippen molar-refractivity contribution in [3.05, 3.63) is 45.3 Å². The second-order valence-corrected chi connectivity index (χ2v) is 5.78. The van der Waals surface area contributed by atoms with E-state index >= 15 is 0 Å². The fourth-order valence-corrected chi connectivity index (χ4v) is 2.82. The summed E-state index contributed by atoms with van der Waals surface area (Å²) in [6.45, 7) is -0.406. The van der Waals surface area contributed by atoms with Crippen molar-refractivity contribution >= 4 is 43.5 Å². The second kappa shape index (κ2) is 6.82. The van der Waals surface area contributed by atoms with Crippen LogP contribution in [-0.4, -0.2) is 17.7 Å². The Labute approximate surface area is 137 Å². The Bertz CT molecular complexity index is 636. The molecule has 0 aliphatic rings. The van der Waals surface area contributed by atoms with Gasteiger partial charge in [0.05, 0.1) is 8.95 Å². The number of ether oxygens (including phenoxy) is 2. The van der Waals surface area contributed by atoms with E-state index in [0.717, 1.165) is 0 Å². The van der Waals surface area contributed by atoms with Crippen LogP contribution in [0.1, 0.15) is 0 Å². The van der Waals surface area contributed by atoms with Crippen LogP contribution >= 0.6 is 31.9 Å². The summed E-state index contributed by atoms with van der Waals surface area (Å²) in [7, 11) is 0. The van der Waals surface area contributed by atoms with Crippen molar-refractivity contribution in [1.29, 1.82) is 0 Å². The lowest BCUT2D eigenvalue weighted by Gasteiger charge is -2.12. The van der Waals surface area contributed by atoms with Crippen LogP contribution in [0.3, 0.4) is 0 Å². The van der Waals surface area contributed by atoms with Crippen LogP contribution in [0.25, 0.3) is 0 Å². The average Bonchev–Trinajstić information content (AvgIpc) is 2.42. The Balaban J connectivity index is 2.20. The molecule has 5 nitrogen and oxygen atoms in total. The van der Waals surface area contributed by atoms with Crippen molar-refractivity contribution in [2.45, 2.75) is 0 Å². The lowest BCUT2D eigenvalue weighted by molar-refractivity contribution is -0.139. The van der Waals surface area contributed by atoms with Crippen LogP contribution in [0.15, 0.2) is 45.3 Å². The number of benzene rings is 2. The highest BCUT2D eigenvalue weighted by Crippen LogP contribution is 2.40. The summed E-state index contributed by atoms with van der Waals surface area (Å²) in [5.41, 5.74) is 6.27. The van der Waals surface area contributed by atoms with E-state index in [4.69, 9.17) is 20.3 Å². The Morgan fingerprint density at radius 2 is 1.67 bits per heavy atom. The lowest BCUT2D eigenvalue weighted by atomic mass is 10.3. The van der Waals surface area contributed by atoms with Crippen LogP contribution in [0, 0.1) is 0 Å². The predicted molar refractivity (Wildman–Crippen MR) is 85.9 cm³/mol. The third-order valence-corrected chi connectivity index (χ3v) is 3.61. The standard InChI is InChI=1S/C14H11Br2NO4/c15-11-5-10(20-7-13(18)19)6-12(16)14(11)21-9-3-1-8(17)2-4-9/h1-6H,7,17H2,(H,18,19). The Hall–Kier alpha value is -1.73. The van der Waals surface area contributed by atoms with Crippen LogP contribution < -0.4 is 15.2 Å². The quantitative estimate of drug-likeness (QED) is 0.718. The first-order valence-corrected chi connectivity index (χ1v) is 7.41. The Morgan fingerprint density at radius 1 is 1.10 bits per heavy atom. The van der Waals surface area contributed by atoms with Gasteiger partial charge in [0.1, 0.15) is 11.5 Å². The topological polar surface area (TPSA) is 81.8 Å². The molecule has 3 N–H and O–H groups in total. The maximum atomic E-state index is 10.5. The smallest absolute Gasteiger partial charge is 0.341 e. The van der Waals surface area contributed by atoms with Crippen molar-refractivity contribution in [2.75, 3.05) is 12.3 Å². The van der Waals surface area contributed by atoms with E-state index in [-0.39, 0.29) is 0 Å². The van der Waals surface area contributed by atoms with E-state index in [0.29, 0.717) is 31.9 Å². The van der Waals surface area contributed by atoms with Gasteiger partial charge in [0.2, 0.25) is 0 Å². The van der Waals surface area contributed by atoms with E-state index in [1.807, 2.05) is 0 Å². The summed E-state index contributed by atoms with van der Waals surface area (Å²) in [5.74, 6) is 0.567. The molecule has 0 atom stereocenters. The molecule has 0 saturated carbocycles. The van der Waals surface area contributed by atoms with Gasteiger partial charge < -0.3 is 20.3 Å². The van der Waals surface area contributed by atoms with Gasteiger partial charge in [0.25, 0.3) is 0 Å². The molecule has 0 heterocycles. The molecule has 0 bridgehead atoms. The molecule has 0 unspecified atom stereocenters. The molecule has 2 aromatic carbocycles. The Morgan fingerprint density at radius 3 is 2.19 bits per heavy atom. The Kier molecular flexibility index (Phi) is 5.08. The summed E-state index contributed by atoms with van der Waals surface area (Å²) >= 11 is 6.74. The van der Waals surface area contributed by atoms with Crippen LogP contribution in [0.2, 0.25) is 0 Å². The summed E-state index contributed by atoms with van der Waals surface area (Å²) < 4.78 is 12.1. The van der Waals surface area contributed by atoms with Gasteiger partial charge in [-0.3, -0.25) is 0 Å². The number of nitrogens with two attached hydrogens (primary N) is 1. The van der Waals surface area contributed by atoms with Crippen molar-refractivity contribution in [3.8, 4) is 17.2 Å².